The summed E-state index contributed by atoms with van der Waals surface area (Å²) < 4.78 is 10.7. The molecule has 0 saturated heterocycles. The van der Waals surface area contributed by atoms with Gasteiger partial charge in [-0.05, 0) is 24.3 Å². The van der Waals surface area contributed by atoms with Gasteiger partial charge in [-0.1, -0.05) is 6.07 Å². The summed E-state index contributed by atoms with van der Waals surface area (Å²) in [6, 6.07) is 11.8. The van der Waals surface area contributed by atoms with Crippen LogP contribution in [-0.2, 0) is 0 Å². The molecule has 6 heteroatoms. The maximum absolute atomic E-state index is 5.39. The number of nitrogens with one attached hydrogen (secondary N) is 2. The fourth-order valence-corrected chi connectivity index (χ4v) is 2.80. The molecule has 0 spiro atoms. The number of hydrogen-bond acceptors (Lipinski definition) is 5. The lowest BCUT2D eigenvalue weighted by Crippen LogP contribution is -1.98. The molecule has 6 nitrogen and oxygen atoms in total. The van der Waals surface area contributed by atoms with E-state index in [2.05, 4.69) is 20.3 Å². The smallest absolute Gasteiger partial charge is 0.162 e. The Kier molecular flexibility index (Phi) is 3.42. The summed E-state index contributed by atoms with van der Waals surface area (Å²) in [4.78, 5) is 11.9. The highest BCUT2D eigenvalue weighted by atomic mass is 16.5. The number of H-pyrrole nitrogens is 1. The molecule has 2 N–H and O–H groups in total. The van der Waals surface area contributed by atoms with Crippen molar-refractivity contribution in [2.24, 2.45) is 0 Å². The standard InChI is InChI=1S/C18H16N4O2/c1-23-16-8-12-15(9-17(16)24-2)20-10-21-18(12)22-14-5-3-4-13-11(14)6-7-19-13/h3-10,19H,1-2H3,(H,20,21,22). The lowest BCUT2D eigenvalue weighted by molar-refractivity contribution is 0.356. The summed E-state index contributed by atoms with van der Waals surface area (Å²) >= 11 is 0. The van der Waals surface area contributed by atoms with Crippen LogP contribution in [0.4, 0.5) is 11.5 Å². The number of methoxy groups -OCH3 is 2. The molecular weight excluding hydrogens is 304 g/mol. The number of anilines is 2. The molecule has 0 aliphatic rings. The van der Waals surface area contributed by atoms with E-state index in [1.165, 1.54) is 6.33 Å². The first-order valence-corrected chi connectivity index (χ1v) is 7.50. The van der Waals surface area contributed by atoms with Crippen molar-refractivity contribution in [3.63, 3.8) is 0 Å². The number of ether oxygens (including phenoxy) is 2. The maximum Gasteiger partial charge on any atom is 0.162 e. The van der Waals surface area contributed by atoms with Crippen LogP contribution in [0.2, 0.25) is 0 Å². The van der Waals surface area contributed by atoms with E-state index in [-0.39, 0.29) is 0 Å². The zero-order valence-corrected chi connectivity index (χ0v) is 13.3. The highest BCUT2D eigenvalue weighted by Gasteiger charge is 2.12. The van der Waals surface area contributed by atoms with Gasteiger partial charge in [0, 0.05) is 34.2 Å². The third kappa shape index (κ3) is 2.28. The van der Waals surface area contributed by atoms with E-state index < -0.39 is 0 Å². The van der Waals surface area contributed by atoms with Crippen LogP contribution >= 0.6 is 0 Å². The predicted octanol–water partition coefficient (Wildman–Crippen LogP) is 3.87. The minimum Gasteiger partial charge on any atom is -0.493 e. The van der Waals surface area contributed by atoms with Gasteiger partial charge in [0.2, 0.25) is 0 Å². The number of hydrogen-bond donors (Lipinski definition) is 2. The molecule has 0 amide bonds. The summed E-state index contributed by atoms with van der Waals surface area (Å²) in [5.41, 5.74) is 2.83. The van der Waals surface area contributed by atoms with Gasteiger partial charge < -0.3 is 19.8 Å². The Balaban J connectivity index is 1.86. The van der Waals surface area contributed by atoms with Crippen LogP contribution in [0, 0.1) is 0 Å². The van der Waals surface area contributed by atoms with Crippen molar-refractivity contribution in [1.29, 1.82) is 0 Å². The van der Waals surface area contributed by atoms with Crippen LogP contribution in [0.5, 0.6) is 11.5 Å². The summed E-state index contributed by atoms with van der Waals surface area (Å²) in [6.07, 6.45) is 3.45. The van der Waals surface area contributed by atoms with Crippen LogP contribution in [0.15, 0.2) is 48.9 Å². The molecule has 2 heterocycles. The van der Waals surface area contributed by atoms with Gasteiger partial charge in [0.25, 0.3) is 0 Å². The lowest BCUT2D eigenvalue weighted by atomic mass is 10.2. The summed E-state index contributed by atoms with van der Waals surface area (Å²) in [7, 11) is 3.22. The maximum atomic E-state index is 5.39. The first-order valence-electron chi connectivity index (χ1n) is 7.50. The minimum atomic E-state index is 0.641. The van der Waals surface area contributed by atoms with E-state index in [1.807, 2.05) is 42.6 Å². The highest BCUT2D eigenvalue weighted by molar-refractivity contribution is 5.98. The second-order valence-electron chi connectivity index (χ2n) is 5.32. The number of aromatic amines is 1. The van der Waals surface area contributed by atoms with Crippen molar-refractivity contribution < 1.29 is 9.47 Å². The number of benzene rings is 2. The molecule has 120 valence electrons. The molecule has 0 radical (unpaired) electrons. The number of rotatable bonds is 4. The fourth-order valence-electron chi connectivity index (χ4n) is 2.80. The molecular formula is C18H16N4O2. The molecule has 0 aliphatic carbocycles. The Morgan fingerprint density at radius 3 is 2.62 bits per heavy atom. The van der Waals surface area contributed by atoms with Gasteiger partial charge in [-0.3, -0.25) is 0 Å². The first-order chi connectivity index (χ1) is 11.8. The molecule has 0 aliphatic heterocycles. The number of aromatic nitrogens is 3. The second-order valence-corrected chi connectivity index (χ2v) is 5.32. The van der Waals surface area contributed by atoms with Gasteiger partial charge in [0.05, 0.1) is 19.7 Å². The van der Waals surface area contributed by atoms with E-state index in [0.29, 0.717) is 11.5 Å². The fraction of sp³-hybridized carbons (Fsp3) is 0.111. The summed E-state index contributed by atoms with van der Waals surface area (Å²) in [6.45, 7) is 0. The van der Waals surface area contributed by atoms with Crippen LogP contribution in [0.25, 0.3) is 21.8 Å². The first kappa shape index (κ1) is 14.3. The Labute approximate surface area is 138 Å². The van der Waals surface area contributed by atoms with Crippen molar-refractivity contribution in [3.05, 3.63) is 48.9 Å². The molecule has 0 unspecified atom stereocenters. The van der Waals surface area contributed by atoms with Crippen molar-refractivity contribution >= 4 is 33.3 Å². The van der Waals surface area contributed by atoms with Crippen LogP contribution in [0.1, 0.15) is 0 Å². The van der Waals surface area contributed by atoms with Crippen molar-refractivity contribution in [2.75, 3.05) is 19.5 Å². The zero-order chi connectivity index (χ0) is 16.5. The topological polar surface area (TPSA) is 72.1 Å². The van der Waals surface area contributed by atoms with Crippen molar-refractivity contribution in [1.82, 2.24) is 15.0 Å². The molecule has 24 heavy (non-hydrogen) atoms. The average Bonchev–Trinajstić information content (AvgIpc) is 3.10. The minimum absolute atomic E-state index is 0.641. The Morgan fingerprint density at radius 2 is 1.79 bits per heavy atom. The molecule has 2 aromatic heterocycles. The monoisotopic (exact) mass is 320 g/mol. The Bertz CT molecular complexity index is 1030. The van der Waals surface area contributed by atoms with E-state index in [0.717, 1.165) is 33.3 Å². The molecule has 4 aromatic rings. The average molecular weight is 320 g/mol. The van der Waals surface area contributed by atoms with Crippen molar-refractivity contribution in [3.8, 4) is 11.5 Å². The van der Waals surface area contributed by atoms with E-state index in [4.69, 9.17) is 9.47 Å². The predicted molar refractivity (Wildman–Crippen MR) is 94.2 cm³/mol. The van der Waals surface area contributed by atoms with E-state index in [1.54, 1.807) is 14.2 Å². The SMILES string of the molecule is COc1cc2ncnc(Nc3cccc4[nH]ccc34)c2cc1OC. The molecule has 0 bridgehead atoms. The summed E-state index contributed by atoms with van der Waals surface area (Å²) in [5.74, 6) is 2.00. The van der Waals surface area contributed by atoms with Gasteiger partial charge in [0.1, 0.15) is 12.1 Å². The Hall–Kier alpha value is -3.28. The second kappa shape index (κ2) is 5.73. The molecule has 0 fully saturated rings. The van der Waals surface area contributed by atoms with E-state index in [9.17, 15) is 0 Å². The third-order valence-corrected chi connectivity index (χ3v) is 3.99. The number of fused-ring (bicyclic) bond motifs is 2. The van der Waals surface area contributed by atoms with Gasteiger partial charge >= 0.3 is 0 Å². The van der Waals surface area contributed by atoms with Crippen LogP contribution < -0.4 is 14.8 Å². The molecule has 2 aromatic carbocycles. The zero-order valence-electron chi connectivity index (χ0n) is 13.3. The van der Waals surface area contributed by atoms with Gasteiger partial charge in [-0.25, -0.2) is 9.97 Å². The molecule has 4 rings (SSSR count). The van der Waals surface area contributed by atoms with Crippen LogP contribution in [-0.4, -0.2) is 29.2 Å². The summed E-state index contributed by atoms with van der Waals surface area (Å²) in [5, 5.41) is 5.36. The Morgan fingerprint density at radius 1 is 0.958 bits per heavy atom. The van der Waals surface area contributed by atoms with E-state index >= 15 is 0 Å². The van der Waals surface area contributed by atoms with Gasteiger partial charge in [0.15, 0.2) is 11.5 Å². The number of nitrogens with zero attached hydrogens (tertiary/aromatic N) is 2. The van der Waals surface area contributed by atoms with Crippen molar-refractivity contribution in [2.45, 2.75) is 0 Å². The molecule has 0 saturated carbocycles. The highest BCUT2D eigenvalue weighted by Crippen LogP contribution is 2.35. The van der Waals surface area contributed by atoms with Gasteiger partial charge in [-0.2, -0.15) is 0 Å². The largest absolute Gasteiger partial charge is 0.493 e. The molecule has 0 atom stereocenters. The third-order valence-electron chi connectivity index (χ3n) is 3.99. The van der Waals surface area contributed by atoms with Crippen LogP contribution in [0.3, 0.4) is 0 Å². The quantitative estimate of drug-likeness (QED) is 0.597. The van der Waals surface area contributed by atoms with Gasteiger partial charge in [-0.15, -0.1) is 0 Å². The normalized spacial score (nSPS) is 10.9. The lowest BCUT2D eigenvalue weighted by Gasteiger charge is -2.12.